The van der Waals surface area contributed by atoms with Gasteiger partial charge in [-0.15, -0.1) is 0 Å². The summed E-state index contributed by atoms with van der Waals surface area (Å²) in [5.41, 5.74) is 2.93. The van der Waals surface area contributed by atoms with E-state index in [2.05, 4.69) is 81.4 Å². The fourth-order valence-corrected chi connectivity index (χ4v) is 4.39. The van der Waals surface area contributed by atoms with Gasteiger partial charge in [0.05, 0.1) is 5.92 Å². The van der Waals surface area contributed by atoms with E-state index in [1.54, 1.807) is 0 Å². The van der Waals surface area contributed by atoms with E-state index in [1.807, 2.05) is 6.07 Å². The van der Waals surface area contributed by atoms with Crippen molar-refractivity contribution in [3.63, 3.8) is 0 Å². The molecule has 24 heavy (non-hydrogen) atoms. The van der Waals surface area contributed by atoms with Gasteiger partial charge in [0, 0.05) is 23.1 Å². The van der Waals surface area contributed by atoms with Crippen LogP contribution in [0.2, 0.25) is 0 Å². The number of likely N-dealkylation sites (tertiary alicyclic amines) is 1. The fourth-order valence-electron chi connectivity index (χ4n) is 3.88. The summed E-state index contributed by atoms with van der Waals surface area (Å²) in [6.45, 7) is 4.31. The fraction of sp³-hybridized carbons (Fsp3) is 0.350. The quantitative estimate of drug-likeness (QED) is 0.760. The van der Waals surface area contributed by atoms with Crippen LogP contribution in [0.3, 0.4) is 0 Å². The van der Waals surface area contributed by atoms with Gasteiger partial charge in [-0.05, 0) is 31.4 Å². The average Bonchev–Trinajstić information content (AvgIpc) is 3.25. The third-order valence-electron chi connectivity index (χ3n) is 5.16. The Morgan fingerprint density at radius 1 is 1.04 bits per heavy atom. The minimum atomic E-state index is -0.439. The molecular weight excluding hydrogens is 364 g/mol. The summed E-state index contributed by atoms with van der Waals surface area (Å²) in [4.78, 5) is 8.55. The monoisotopic (exact) mass is 384 g/mol. The summed E-state index contributed by atoms with van der Waals surface area (Å²) in [6, 6.07) is 18.8. The van der Waals surface area contributed by atoms with E-state index in [0.29, 0.717) is 0 Å². The molecule has 0 spiro atoms. The van der Waals surface area contributed by atoms with Crippen molar-refractivity contribution in [2.75, 3.05) is 13.1 Å². The van der Waals surface area contributed by atoms with E-state index in [-0.39, 0.29) is 5.92 Å². The molecule has 3 nitrogen and oxygen atoms in total. The largest absolute Gasteiger partial charge is 0.372 e. The van der Waals surface area contributed by atoms with Crippen molar-refractivity contribution >= 4 is 21.6 Å². The first kappa shape index (κ1) is 15.9. The molecule has 2 unspecified atom stereocenters. The maximum Gasteiger partial charge on any atom is 0.201 e. The molecule has 2 heterocycles. The molecule has 0 aliphatic carbocycles. The highest BCUT2D eigenvalue weighted by Gasteiger charge is 2.51. The Bertz CT molecular complexity index is 755. The minimum absolute atomic E-state index is 0.0774. The van der Waals surface area contributed by atoms with E-state index in [0.717, 1.165) is 28.8 Å². The molecule has 2 aromatic carbocycles. The van der Waals surface area contributed by atoms with Gasteiger partial charge < -0.3 is 4.84 Å². The van der Waals surface area contributed by atoms with Gasteiger partial charge in [-0.3, -0.25) is 4.90 Å². The predicted molar refractivity (Wildman–Crippen MR) is 100 cm³/mol. The molecule has 0 amide bonds. The second-order valence-electron chi connectivity index (χ2n) is 6.64. The lowest BCUT2D eigenvalue weighted by Crippen LogP contribution is -2.50. The third-order valence-corrected chi connectivity index (χ3v) is 5.88. The van der Waals surface area contributed by atoms with Crippen LogP contribution in [0.1, 0.15) is 36.8 Å². The van der Waals surface area contributed by atoms with Gasteiger partial charge in [0.15, 0.2) is 0 Å². The molecule has 0 N–H and O–H groups in total. The second kappa shape index (κ2) is 6.34. The lowest BCUT2D eigenvalue weighted by molar-refractivity contribution is -0.124. The first-order valence-corrected chi connectivity index (χ1v) is 9.30. The standard InChI is InChI=1S/C20H21BrN2O/c1-20(23-13-7-8-14-23)18(16-11-5-6-12-17(16)21)19(22-24-20)15-9-3-2-4-10-15/h2-6,9-12,18H,7-8,13-14H2,1H3. The summed E-state index contributed by atoms with van der Waals surface area (Å²) < 4.78 is 1.11. The highest BCUT2D eigenvalue weighted by atomic mass is 79.9. The van der Waals surface area contributed by atoms with E-state index in [4.69, 9.17) is 4.84 Å². The van der Waals surface area contributed by atoms with Gasteiger partial charge >= 0.3 is 0 Å². The smallest absolute Gasteiger partial charge is 0.201 e. The Kier molecular flexibility index (Phi) is 4.19. The van der Waals surface area contributed by atoms with Crippen molar-refractivity contribution in [3.05, 3.63) is 70.2 Å². The van der Waals surface area contributed by atoms with Crippen LogP contribution >= 0.6 is 15.9 Å². The Morgan fingerprint density at radius 3 is 2.42 bits per heavy atom. The van der Waals surface area contributed by atoms with Gasteiger partial charge in [-0.1, -0.05) is 69.6 Å². The summed E-state index contributed by atoms with van der Waals surface area (Å²) in [5, 5.41) is 4.56. The van der Waals surface area contributed by atoms with Crippen LogP contribution in [0.15, 0.2) is 64.2 Å². The number of nitrogens with zero attached hydrogens (tertiary/aromatic N) is 2. The molecule has 0 bridgehead atoms. The van der Waals surface area contributed by atoms with Crippen molar-refractivity contribution in [1.29, 1.82) is 0 Å². The van der Waals surface area contributed by atoms with Gasteiger partial charge in [0.25, 0.3) is 0 Å². The van der Waals surface area contributed by atoms with Gasteiger partial charge in [0.2, 0.25) is 5.72 Å². The summed E-state index contributed by atoms with van der Waals surface area (Å²) >= 11 is 3.74. The number of benzene rings is 2. The molecule has 124 valence electrons. The van der Waals surface area contributed by atoms with E-state index >= 15 is 0 Å². The zero-order chi connectivity index (χ0) is 16.6. The molecule has 2 aromatic rings. The lowest BCUT2D eigenvalue weighted by atomic mass is 9.82. The molecule has 2 aliphatic heterocycles. The molecule has 4 heteroatoms. The number of hydrogen-bond acceptors (Lipinski definition) is 3. The Balaban J connectivity index is 1.82. The van der Waals surface area contributed by atoms with E-state index < -0.39 is 5.72 Å². The van der Waals surface area contributed by atoms with Crippen molar-refractivity contribution in [2.24, 2.45) is 5.16 Å². The average molecular weight is 385 g/mol. The second-order valence-corrected chi connectivity index (χ2v) is 7.49. The van der Waals surface area contributed by atoms with Crippen LogP contribution < -0.4 is 0 Å². The Hall–Kier alpha value is -1.65. The summed E-state index contributed by atoms with van der Waals surface area (Å²) in [6.07, 6.45) is 2.45. The van der Waals surface area contributed by atoms with Crippen molar-refractivity contribution in [1.82, 2.24) is 4.90 Å². The normalized spacial score (nSPS) is 27.1. The Morgan fingerprint density at radius 2 is 1.71 bits per heavy atom. The van der Waals surface area contributed by atoms with Crippen LogP contribution in [-0.2, 0) is 4.84 Å². The highest BCUT2D eigenvalue weighted by Crippen LogP contribution is 2.45. The first-order chi connectivity index (χ1) is 11.7. The molecule has 1 fully saturated rings. The molecule has 0 saturated carbocycles. The van der Waals surface area contributed by atoms with Crippen LogP contribution in [0.5, 0.6) is 0 Å². The molecule has 0 radical (unpaired) electrons. The Labute approximate surface area is 151 Å². The predicted octanol–water partition coefficient (Wildman–Crippen LogP) is 4.78. The number of oxime groups is 1. The van der Waals surface area contributed by atoms with E-state index in [1.165, 1.54) is 18.4 Å². The molecule has 4 rings (SSSR count). The zero-order valence-corrected chi connectivity index (χ0v) is 15.4. The molecule has 0 aromatic heterocycles. The van der Waals surface area contributed by atoms with Crippen molar-refractivity contribution in [2.45, 2.75) is 31.4 Å². The van der Waals surface area contributed by atoms with Crippen LogP contribution in [-0.4, -0.2) is 29.4 Å². The SMILES string of the molecule is CC1(N2CCCC2)ON=C(c2ccccc2)C1c1ccccc1Br. The lowest BCUT2D eigenvalue weighted by Gasteiger charge is -2.38. The minimum Gasteiger partial charge on any atom is -0.372 e. The van der Waals surface area contributed by atoms with Gasteiger partial charge in [-0.25, -0.2) is 0 Å². The molecule has 1 saturated heterocycles. The van der Waals surface area contributed by atoms with Gasteiger partial charge in [0.1, 0.15) is 5.71 Å². The number of halogens is 1. The first-order valence-electron chi connectivity index (χ1n) is 8.51. The third kappa shape index (κ3) is 2.58. The van der Waals surface area contributed by atoms with E-state index in [9.17, 15) is 0 Å². The van der Waals surface area contributed by atoms with Crippen LogP contribution in [0.25, 0.3) is 0 Å². The molecular formula is C20H21BrN2O. The van der Waals surface area contributed by atoms with Crippen LogP contribution in [0, 0.1) is 0 Å². The number of rotatable bonds is 3. The van der Waals surface area contributed by atoms with Crippen molar-refractivity contribution < 1.29 is 4.84 Å². The highest BCUT2D eigenvalue weighted by molar-refractivity contribution is 9.10. The zero-order valence-electron chi connectivity index (χ0n) is 13.8. The molecule has 2 atom stereocenters. The van der Waals surface area contributed by atoms with Crippen LogP contribution in [0.4, 0.5) is 0 Å². The maximum absolute atomic E-state index is 6.11. The maximum atomic E-state index is 6.11. The van der Waals surface area contributed by atoms with Crippen molar-refractivity contribution in [3.8, 4) is 0 Å². The summed E-state index contributed by atoms with van der Waals surface area (Å²) in [7, 11) is 0. The van der Waals surface area contributed by atoms with Gasteiger partial charge in [-0.2, -0.15) is 0 Å². The number of hydrogen-bond donors (Lipinski definition) is 0. The molecule has 2 aliphatic rings. The summed E-state index contributed by atoms with van der Waals surface area (Å²) in [5.74, 6) is 0.0774. The topological polar surface area (TPSA) is 24.8 Å².